The molecule has 0 fully saturated rings. The van der Waals surface area contributed by atoms with Crippen molar-refractivity contribution in [2.45, 2.75) is 6.92 Å². The number of hydrogen-bond acceptors (Lipinski definition) is 6. The Morgan fingerprint density at radius 1 is 0.778 bits per heavy atom. The van der Waals surface area contributed by atoms with Gasteiger partial charge >= 0.3 is 0 Å². The van der Waals surface area contributed by atoms with Crippen LogP contribution >= 0.6 is 11.8 Å². The Hall–Kier alpha value is 0.150. The van der Waals surface area contributed by atoms with Gasteiger partial charge in [0.15, 0.2) is 0 Å². The molecule has 0 saturated heterocycles. The normalized spacial score (nSPS) is 11.0. The van der Waals surface area contributed by atoms with Gasteiger partial charge in [0.2, 0.25) is 0 Å². The summed E-state index contributed by atoms with van der Waals surface area (Å²) in [6.07, 6.45) is 2.07. The van der Waals surface area contributed by atoms with Gasteiger partial charge in [-0.2, -0.15) is 0 Å². The van der Waals surface area contributed by atoms with E-state index >= 15 is 0 Å². The van der Waals surface area contributed by atoms with E-state index in [9.17, 15) is 0 Å². The third kappa shape index (κ3) is 16.1. The first-order valence-electron chi connectivity index (χ1n) is 6.42. The number of thioether (sulfide) groups is 1. The van der Waals surface area contributed by atoms with Crippen molar-refractivity contribution in [3.63, 3.8) is 0 Å². The summed E-state index contributed by atoms with van der Waals surface area (Å²) in [4.78, 5) is 0. The maximum atomic E-state index is 5.38. The first kappa shape index (κ1) is 18.1. The number of ether oxygens (including phenoxy) is 4. The van der Waals surface area contributed by atoms with Crippen molar-refractivity contribution in [2.24, 2.45) is 0 Å². The molecule has 110 valence electrons. The van der Waals surface area contributed by atoms with Gasteiger partial charge in [0.1, 0.15) is 0 Å². The van der Waals surface area contributed by atoms with Crippen LogP contribution < -0.4 is 5.32 Å². The van der Waals surface area contributed by atoms with Crippen molar-refractivity contribution < 1.29 is 18.9 Å². The molecular formula is C12H27NO4S. The molecule has 18 heavy (non-hydrogen) atoms. The van der Waals surface area contributed by atoms with Crippen LogP contribution in [-0.2, 0) is 18.9 Å². The fourth-order valence-electron chi connectivity index (χ4n) is 1.12. The Morgan fingerprint density at radius 2 is 1.28 bits per heavy atom. The molecule has 0 atom stereocenters. The molecular weight excluding hydrogens is 254 g/mol. The molecule has 0 aromatic rings. The van der Waals surface area contributed by atoms with Crippen molar-refractivity contribution in [1.29, 1.82) is 0 Å². The molecule has 0 radical (unpaired) electrons. The van der Waals surface area contributed by atoms with Gasteiger partial charge in [-0.25, -0.2) is 0 Å². The minimum absolute atomic E-state index is 0.611. The van der Waals surface area contributed by atoms with E-state index < -0.39 is 0 Å². The van der Waals surface area contributed by atoms with Crippen molar-refractivity contribution in [2.75, 3.05) is 71.5 Å². The summed E-state index contributed by atoms with van der Waals surface area (Å²) in [5.41, 5.74) is 0. The zero-order chi connectivity index (χ0) is 13.3. The summed E-state index contributed by atoms with van der Waals surface area (Å²) in [6, 6.07) is 0. The van der Waals surface area contributed by atoms with Gasteiger partial charge in [-0.15, -0.1) is 11.8 Å². The summed E-state index contributed by atoms with van der Waals surface area (Å²) in [7, 11) is 0. The van der Waals surface area contributed by atoms with Crippen molar-refractivity contribution in [3.05, 3.63) is 0 Å². The highest BCUT2D eigenvalue weighted by Crippen LogP contribution is 1.85. The van der Waals surface area contributed by atoms with Crippen molar-refractivity contribution in [3.8, 4) is 0 Å². The Labute approximate surface area is 115 Å². The van der Waals surface area contributed by atoms with Crippen LogP contribution in [0.25, 0.3) is 0 Å². The molecule has 0 aromatic carbocycles. The van der Waals surface area contributed by atoms with E-state index in [1.807, 2.05) is 6.92 Å². The molecule has 0 bridgehead atoms. The lowest BCUT2D eigenvalue weighted by atomic mass is 10.6. The molecule has 0 amide bonds. The van der Waals surface area contributed by atoms with E-state index in [1.54, 1.807) is 11.8 Å². The summed E-state index contributed by atoms with van der Waals surface area (Å²) in [6.45, 7) is 8.11. The molecule has 0 aliphatic heterocycles. The molecule has 6 heteroatoms. The summed E-state index contributed by atoms with van der Waals surface area (Å²) in [5, 5.41) is 3.24. The fourth-order valence-corrected chi connectivity index (χ4v) is 1.47. The molecule has 0 spiro atoms. The molecule has 0 rings (SSSR count). The maximum absolute atomic E-state index is 5.38. The second-order valence-electron chi connectivity index (χ2n) is 3.47. The fraction of sp³-hybridized carbons (Fsp3) is 1.00. The topological polar surface area (TPSA) is 49.0 Å². The third-order valence-corrected chi connectivity index (χ3v) is 2.48. The lowest BCUT2D eigenvalue weighted by molar-refractivity contribution is -0.0000202. The number of nitrogens with one attached hydrogen (secondary N) is 1. The Morgan fingerprint density at radius 3 is 1.78 bits per heavy atom. The second kappa shape index (κ2) is 17.2. The first-order valence-corrected chi connectivity index (χ1v) is 7.81. The Kier molecular flexibility index (Phi) is 17.3. The van der Waals surface area contributed by atoms with Gasteiger partial charge in [-0.1, -0.05) is 0 Å². The maximum Gasteiger partial charge on any atom is 0.0701 e. The van der Waals surface area contributed by atoms with Crippen LogP contribution in [-0.4, -0.2) is 71.5 Å². The largest absolute Gasteiger partial charge is 0.379 e. The molecule has 1 N–H and O–H groups in total. The van der Waals surface area contributed by atoms with E-state index in [0.717, 1.165) is 25.6 Å². The monoisotopic (exact) mass is 281 g/mol. The first-order chi connectivity index (χ1) is 8.91. The molecule has 5 nitrogen and oxygen atoms in total. The van der Waals surface area contributed by atoms with E-state index in [1.165, 1.54) is 0 Å². The average molecular weight is 281 g/mol. The van der Waals surface area contributed by atoms with Gasteiger partial charge < -0.3 is 24.3 Å². The standard InChI is InChI=1S/C12H27NO4S/c1-3-14-6-7-16-10-11-17-9-8-15-5-4-13-12-18-2/h13H,3-12H2,1-2H3. The van der Waals surface area contributed by atoms with Crippen LogP contribution in [0.1, 0.15) is 6.92 Å². The minimum Gasteiger partial charge on any atom is -0.379 e. The van der Waals surface area contributed by atoms with Crippen LogP contribution in [0.2, 0.25) is 0 Å². The van der Waals surface area contributed by atoms with Crippen molar-refractivity contribution >= 4 is 11.8 Å². The van der Waals surface area contributed by atoms with Crippen LogP contribution in [0.4, 0.5) is 0 Å². The van der Waals surface area contributed by atoms with Crippen LogP contribution in [0.5, 0.6) is 0 Å². The quantitative estimate of drug-likeness (QED) is 0.357. The highest BCUT2D eigenvalue weighted by atomic mass is 32.2. The highest BCUT2D eigenvalue weighted by Gasteiger charge is 1.92. The summed E-state index contributed by atoms with van der Waals surface area (Å²) < 4.78 is 21.2. The van der Waals surface area contributed by atoms with Crippen LogP contribution in [0, 0.1) is 0 Å². The van der Waals surface area contributed by atoms with Gasteiger partial charge in [-0.3, -0.25) is 0 Å². The predicted octanol–water partition coefficient (Wildman–Crippen LogP) is 0.983. The predicted molar refractivity (Wildman–Crippen MR) is 75.3 cm³/mol. The molecule has 0 aliphatic rings. The van der Waals surface area contributed by atoms with Crippen LogP contribution in [0.15, 0.2) is 0 Å². The van der Waals surface area contributed by atoms with E-state index in [0.29, 0.717) is 39.6 Å². The summed E-state index contributed by atoms with van der Waals surface area (Å²) in [5.74, 6) is 0.971. The minimum atomic E-state index is 0.611. The van der Waals surface area contributed by atoms with E-state index in [4.69, 9.17) is 18.9 Å². The molecule has 0 aliphatic carbocycles. The van der Waals surface area contributed by atoms with Gasteiger partial charge in [0.25, 0.3) is 0 Å². The zero-order valence-corrected chi connectivity index (χ0v) is 12.4. The van der Waals surface area contributed by atoms with Crippen LogP contribution in [0.3, 0.4) is 0 Å². The van der Waals surface area contributed by atoms with Gasteiger partial charge in [0, 0.05) is 19.0 Å². The van der Waals surface area contributed by atoms with Gasteiger partial charge in [-0.05, 0) is 13.2 Å². The Balaban J connectivity index is 2.86. The average Bonchev–Trinajstić information content (AvgIpc) is 2.39. The molecule has 0 saturated carbocycles. The smallest absolute Gasteiger partial charge is 0.0701 e. The second-order valence-corrected chi connectivity index (χ2v) is 4.33. The molecule has 0 unspecified atom stereocenters. The lowest BCUT2D eigenvalue weighted by Gasteiger charge is -2.07. The number of hydrogen-bond donors (Lipinski definition) is 1. The van der Waals surface area contributed by atoms with Crippen molar-refractivity contribution in [1.82, 2.24) is 5.32 Å². The highest BCUT2D eigenvalue weighted by molar-refractivity contribution is 7.98. The molecule has 0 aromatic heterocycles. The van der Waals surface area contributed by atoms with Gasteiger partial charge in [0.05, 0.1) is 46.2 Å². The number of rotatable bonds is 15. The summed E-state index contributed by atoms with van der Waals surface area (Å²) >= 11 is 1.77. The third-order valence-electron chi connectivity index (χ3n) is 1.99. The zero-order valence-electron chi connectivity index (χ0n) is 11.6. The van der Waals surface area contributed by atoms with E-state index in [-0.39, 0.29) is 0 Å². The van der Waals surface area contributed by atoms with E-state index in [2.05, 4.69) is 11.6 Å². The SMILES string of the molecule is CCOCCOCCOCCOCCNCSC. The molecule has 0 heterocycles. The Bertz CT molecular complexity index is 136. The lowest BCUT2D eigenvalue weighted by Crippen LogP contribution is -2.20.